The molecule has 20 heavy (non-hydrogen) atoms. The number of esters is 1. The monoisotopic (exact) mass is 277 g/mol. The van der Waals surface area contributed by atoms with Gasteiger partial charge in [-0.2, -0.15) is 0 Å². The number of hydrogen-bond acceptors (Lipinski definition) is 5. The van der Waals surface area contributed by atoms with Crippen molar-refractivity contribution in [3.05, 3.63) is 30.4 Å². The highest BCUT2D eigenvalue weighted by Gasteiger charge is 2.13. The molecule has 1 heterocycles. The molecular formula is C14H15NO5. The second kappa shape index (κ2) is 6.60. The normalized spacial score (nSPS) is 13.1. The zero-order chi connectivity index (χ0) is 14.4. The Morgan fingerprint density at radius 1 is 1.30 bits per heavy atom. The Labute approximate surface area is 116 Å². The van der Waals surface area contributed by atoms with Gasteiger partial charge in [0.2, 0.25) is 0 Å². The molecule has 1 aliphatic heterocycles. The standard InChI is InChI=1S/C14H15NO5/c1-2-3-14(17)20-9-13(16)15-10-4-5-11-12(8-10)19-7-6-18-11/h2-5,8H,6-7,9H2,1H3,(H,15,16)/b3-2+. The molecule has 6 nitrogen and oxygen atoms in total. The highest BCUT2D eigenvalue weighted by Crippen LogP contribution is 2.32. The minimum atomic E-state index is -0.551. The van der Waals surface area contributed by atoms with Crippen LogP contribution < -0.4 is 14.8 Å². The smallest absolute Gasteiger partial charge is 0.330 e. The number of anilines is 1. The lowest BCUT2D eigenvalue weighted by molar-refractivity contribution is -0.142. The molecule has 1 aromatic rings. The van der Waals surface area contributed by atoms with E-state index >= 15 is 0 Å². The average molecular weight is 277 g/mol. The molecule has 0 atom stereocenters. The number of hydrogen-bond donors (Lipinski definition) is 1. The van der Waals surface area contributed by atoms with Gasteiger partial charge in [-0.25, -0.2) is 4.79 Å². The van der Waals surface area contributed by atoms with Crippen LogP contribution in [0.2, 0.25) is 0 Å². The van der Waals surface area contributed by atoms with Crippen molar-refractivity contribution in [2.75, 3.05) is 25.1 Å². The summed E-state index contributed by atoms with van der Waals surface area (Å²) in [5, 5.41) is 2.61. The van der Waals surface area contributed by atoms with Crippen molar-refractivity contribution in [3.8, 4) is 11.5 Å². The number of rotatable bonds is 4. The Hall–Kier alpha value is -2.50. The van der Waals surface area contributed by atoms with Crippen LogP contribution in [0.1, 0.15) is 6.92 Å². The molecule has 0 bridgehead atoms. The molecule has 0 unspecified atom stereocenters. The van der Waals surface area contributed by atoms with E-state index < -0.39 is 11.9 Å². The molecule has 0 spiro atoms. The molecule has 0 aliphatic carbocycles. The van der Waals surface area contributed by atoms with Gasteiger partial charge in [-0.05, 0) is 19.1 Å². The lowest BCUT2D eigenvalue weighted by Crippen LogP contribution is -2.20. The van der Waals surface area contributed by atoms with Gasteiger partial charge in [-0.15, -0.1) is 0 Å². The summed E-state index contributed by atoms with van der Waals surface area (Å²) in [7, 11) is 0. The van der Waals surface area contributed by atoms with Crippen LogP contribution in [-0.4, -0.2) is 31.7 Å². The Morgan fingerprint density at radius 3 is 2.80 bits per heavy atom. The minimum Gasteiger partial charge on any atom is -0.486 e. The van der Waals surface area contributed by atoms with Crippen molar-refractivity contribution in [1.29, 1.82) is 0 Å². The molecule has 1 amide bonds. The van der Waals surface area contributed by atoms with E-state index in [0.29, 0.717) is 30.4 Å². The van der Waals surface area contributed by atoms with Crippen molar-refractivity contribution < 1.29 is 23.8 Å². The molecule has 6 heteroatoms. The van der Waals surface area contributed by atoms with E-state index in [0.717, 1.165) is 0 Å². The molecule has 1 N–H and O–H groups in total. The average Bonchev–Trinajstić information content (AvgIpc) is 2.45. The fourth-order valence-electron chi connectivity index (χ4n) is 1.64. The molecule has 0 aromatic heterocycles. The van der Waals surface area contributed by atoms with E-state index in [2.05, 4.69) is 5.32 Å². The van der Waals surface area contributed by atoms with E-state index in [1.807, 2.05) is 0 Å². The summed E-state index contributed by atoms with van der Waals surface area (Å²) in [6, 6.07) is 5.08. The third-order valence-electron chi connectivity index (χ3n) is 2.47. The van der Waals surface area contributed by atoms with Gasteiger partial charge >= 0.3 is 5.97 Å². The van der Waals surface area contributed by atoms with E-state index in [-0.39, 0.29) is 6.61 Å². The second-order valence-electron chi connectivity index (χ2n) is 4.01. The first-order valence-corrected chi connectivity index (χ1v) is 6.18. The zero-order valence-corrected chi connectivity index (χ0v) is 11.0. The first-order chi connectivity index (χ1) is 9.69. The first-order valence-electron chi connectivity index (χ1n) is 6.18. The quantitative estimate of drug-likeness (QED) is 0.667. The number of amides is 1. The lowest BCUT2D eigenvalue weighted by atomic mass is 10.2. The molecule has 2 rings (SSSR count). The van der Waals surface area contributed by atoms with E-state index in [9.17, 15) is 9.59 Å². The number of carbonyl (C=O) groups is 2. The summed E-state index contributed by atoms with van der Waals surface area (Å²) in [6.45, 7) is 2.35. The number of ether oxygens (including phenoxy) is 3. The minimum absolute atomic E-state index is 0.336. The number of carbonyl (C=O) groups excluding carboxylic acids is 2. The zero-order valence-electron chi connectivity index (χ0n) is 11.0. The number of allylic oxidation sites excluding steroid dienone is 1. The van der Waals surface area contributed by atoms with Crippen molar-refractivity contribution in [2.24, 2.45) is 0 Å². The number of benzene rings is 1. The Balaban J connectivity index is 1.89. The third kappa shape index (κ3) is 3.74. The fourth-order valence-corrected chi connectivity index (χ4v) is 1.64. The van der Waals surface area contributed by atoms with Crippen molar-refractivity contribution in [2.45, 2.75) is 6.92 Å². The molecule has 1 aromatic carbocycles. The maximum absolute atomic E-state index is 11.6. The molecule has 0 saturated heterocycles. The van der Waals surface area contributed by atoms with Crippen LogP contribution in [0.3, 0.4) is 0 Å². The van der Waals surface area contributed by atoms with Crippen LogP contribution in [0.5, 0.6) is 11.5 Å². The summed E-state index contributed by atoms with van der Waals surface area (Å²) in [5.41, 5.74) is 0.557. The Bertz CT molecular complexity index is 538. The van der Waals surface area contributed by atoms with Gasteiger partial charge in [-0.1, -0.05) is 6.08 Å². The van der Waals surface area contributed by atoms with Gasteiger partial charge in [0, 0.05) is 17.8 Å². The lowest BCUT2D eigenvalue weighted by Gasteiger charge is -2.18. The van der Waals surface area contributed by atoms with E-state index in [1.165, 1.54) is 6.08 Å². The summed E-state index contributed by atoms with van der Waals surface area (Å²) >= 11 is 0. The highest BCUT2D eigenvalue weighted by molar-refractivity contribution is 5.94. The van der Waals surface area contributed by atoms with Crippen LogP contribution in [-0.2, 0) is 14.3 Å². The van der Waals surface area contributed by atoms with Gasteiger partial charge in [0.1, 0.15) is 13.2 Å². The van der Waals surface area contributed by atoms with Gasteiger partial charge in [0.15, 0.2) is 18.1 Å². The summed E-state index contributed by atoms with van der Waals surface area (Å²) in [6.07, 6.45) is 2.79. The molecule has 1 aliphatic rings. The summed E-state index contributed by atoms with van der Waals surface area (Å²) in [5.74, 6) is 0.262. The largest absolute Gasteiger partial charge is 0.486 e. The van der Waals surface area contributed by atoms with E-state index in [1.54, 1.807) is 31.2 Å². The Morgan fingerprint density at radius 2 is 2.05 bits per heavy atom. The van der Waals surface area contributed by atoms with Crippen LogP contribution in [0.25, 0.3) is 0 Å². The van der Waals surface area contributed by atoms with Crippen molar-refractivity contribution in [1.82, 2.24) is 0 Å². The topological polar surface area (TPSA) is 73.9 Å². The molecular weight excluding hydrogens is 262 g/mol. The van der Waals surface area contributed by atoms with Crippen LogP contribution >= 0.6 is 0 Å². The molecule has 0 fully saturated rings. The fraction of sp³-hybridized carbons (Fsp3) is 0.286. The van der Waals surface area contributed by atoms with E-state index in [4.69, 9.17) is 14.2 Å². The van der Waals surface area contributed by atoms with Crippen LogP contribution in [0.4, 0.5) is 5.69 Å². The molecule has 0 radical (unpaired) electrons. The predicted molar refractivity (Wildman–Crippen MR) is 71.8 cm³/mol. The number of fused-ring (bicyclic) bond motifs is 1. The van der Waals surface area contributed by atoms with Crippen LogP contribution in [0.15, 0.2) is 30.4 Å². The van der Waals surface area contributed by atoms with Gasteiger partial charge in [-0.3, -0.25) is 4.79 Å². The highest BCUT2D eigenvalue weighted by atomic mass is 16.6. The number of nitrogens with one attached hydrogen (secondary N) is 1. The molecule has 0 saturated carbocycles. The van der Waals surface area contributed by atoms with Gasteiger partial charge in [0.25, 0.3) is 5.91 Å². The summed E-state index contributed by atoms with van der Waals surface area (Å²) < 4.78 is 15.5. The van der Waals surface area contributed by atoms with Crippen molar-refractivity contribution >= 4 is 17.6 Å². The molecule has 106 valence electrons. The van der Waals surface area contributed by atoms with Crippen molar-refractivity contribution in [3.63, 3.8) is 0 Å². The third-order valence-corrected chi connectivity index (χ3v) is 2.47. The SMILES string of the molecule is C/C=C/C(=O)OCC(=O)Nc1ccc2c(c1)OCCO2. The second-order valence-corrected chi connectivity index (χ2v) is 4.01. The maximum atomic E-state index is 11.6. The maximum Gasteiger partial charge on any atom is 0.330 e. The Kier molecular flexibility index (Phi) is 4.60. The summed E-state index contributed by atoms with van der Waals surface area (Å²) in [4.78, 5) is 22.7. The predicted octanol–water partition coefficient (Wildman–Crippen LogP) is 1.52. The van der Waals surface area contributed by atoms with Crippen LogP contribution in [0, 0.1) is 0 Å². The van der Waals surface area contributed by atoms with Gasteiger partial charge in [0.05, 0.1) is 0 Å². The first kappa shape index (κ1) is 13.9. The van der Waals surface area contributed by atoms with Gasteiger partial charge < -0.3 is 19.5 Å².